The standard InChI is InChI=1S/C13H27N3O3Si/c1-13(2,3)20(5,6)19-9-12-11(17-4)7-10(8-18-12)15-16-14/h10-12H,7-9H2,1-6H3/t10?,11-,12+/m0/s1. The van der Waals surface area contributed by atoms with Crippen molar-refractivity contribution < 1.29 is 13.9 Å². The van der Waals surface area contributed by atoms with E-state index < -0.39 is 8.32 Å². The molecule has 1 fully saturated rings. The monoisotopic (exact) mass is 301 g/mol. The van der Waals surface area contributed by atoms with Gasteiger partial charge in [0.05, 0.1) is 25.4 Å². The summed E-state index contributed by atoms with van der Waals surface area (Å²) in [7, 11) is -0.122. The first-order chi connectivity index (χ1) is 9.21. The van der Waals surface area contributed by atoms with E-state index in [0.717, 1.165) is 0 Å². The molecule has 1 heterocycles. The van der Waals surface area contributed by atoms with Crippen molar-refractivity contribution in [2.75, 3.05) is 20.3 Å². The molecular weight excluding hydrogens is 274 g/mol. The largest absolute Gasteiger partial charge is 0.414 e. The minimum absolute atomic E-state index is 0.0796. The van der Waals surface area contributed by atoms with Gasteiger partial charge in [0.1, 0.15) is 6.10 Å². The molecule has 1 saturated heterocycles. The van der Waals surface area contributed by atoms with E-state index in [2.05, 4.69) is 43.9 Å². The third kappa shape index (κ3) is 4.46. The molecule has 1 aliphatic heterocycles. The SMILES string of the molecule is CO[C@H]1CC(N=[N+]=[N-])CO[C@@H]1CO[Si](C)(C)C(C)(C)C. The average molecular weight is 301 g/mol. The van der Waals surface area contributed by atoms with Crippen LogP contribution in [0.2, 0.25) is 18.1 Å². The highest BCUT2D eigenvalue weighted by molar-refractivity contribution is 6.74. The molecule has 3 atom stereocenters. The lowest BCUT2D eigenvalue weighted by Crippen LogP contribution is -2.48. The normalized spacial score (nSPS) is 28.0. The van der Waals surface area contributed by atoms with Gasteiger partial charge >= 0.3 is 0 Å². The summed E-state index contributed by atoms with van der Waals surface area (Å²) >= 11 is 0. The summed E-state index contributed by atoms with van der Waals surface area (Å²) in [5, 5.41) is 3.89. The van der Waals surface area contributed by atoms with Crippen molar-refractivity contribution in [1.82, 2.24) is 0 Å². The van der Waals surface area contributed by atoms with E-state index in [9.17, 15) is 0 Å². The molecule has 0 aliphatic carbocycles. The van der Waals surface area contributed by atoms with Crippen molar-refractivity contribution >= 4 is 8.32 Å². The Balaban J connectivity index is 2.58. The zero-order valence-corrected chi connectivity index (χ0v) is 14.4. The van der Waals surface area contributed by atoms with Crippen LogP contribution in [0.4, 0.5) is 0 Å². The van der Waals surface area contributed by atoms with E-state index in [1.807, 2.05) is 0 Å². The Morgan fingerprint density at radius 3 is 2.55 bits per heavy atom. The molecule has 0 bridgehead atoms. The van der Waals surface area contributed by atoms with Crippen LogP contribution >= 0.6 is 0 Å². The lowest BCUT2D eigenvalue weighted by atomic mass is 10.0. The van der Waals surface area contributed by atoms with Crippen molar-refractivity contribution in [1.29, 1.82) is 0 Å². The molecule has 1 unspecified atom stereocenters. The molecule has 7 heteroatoms. The van der Waals surface area contributed by atoms with Crippen LogP contribution in [-0.2, 0) is 13.9 Å². The topological polar surface area (TPSA) is 76.5 Å². The van der Waals surface area contributed by atoms with Crippen molar-refractivity contribution in [3.05, 3.63) is 10.4 Å². The van der Waals surface area contributed by atoms with Gasteiger partial charge in [0.15, 0.2) is 8.32 Å². The van der Waals surface area contributed by atoms with E-state index in [-0.39, 0.29) is 23.3 Å². The summed E-state index contributed by atoms with van der Waals surface area (Å²) in [5.41, 5.74) is 8.49. The third-order valence-corrected chi connectivity index (χ3v) is 8.85. The zero-order chi connectivity index (χ0) is 15.4. The Morgan fingerprint density at radius 1 is 1.40 bits per heavy atom. The lowest BCUT2D eigenvalue weighted by molar-refractivity contribution is -0.113. The zero-order valence-electron chi connectivity index (χ0n) is 13.4. The van der Waals surface area contributed by atoms with E-state index in [0.29, 0.717) is 19.6 Å². The first kappa shape index (κ1) is 17.5. The molecule has 116 valence electrons. The van der Waals surface area contributed by atoms with Crippen molar-refractivity contribution in [3.8, 4) is 0 Å². The van der Waals surface area contributed by atoms with Gasteiger partial charge in [-0.25, -0.2) is 0 Å². The summed E-state index contributed by atoms with van der Waals surface area (Å²) in [6, 6.07) is -0.144. The highest BCUT2D eigenvalue weighted by Crippen LogP contribution is 2.37. The fourth-order valence-electron chi connectivity index (χ4n) is 1.89. The molecule has 20 heavy (non-hydrogen) atoms. The lowest BCUT2D eigenvalue weighted by Gasteiger charge is -2.39. The summed E-state index contributed by atoms with van der Waals surface area (Å²) in [5.74, 6) is 0. The molecule has 0 aromatic heterocycles. The Kier molecular flexibility index (Phi) is 6.03. The van der Waals surface area contributed by atoms with E-state index >= 15 is 0 Å². The quantitative estimate of drug-likeness (QED) is 0.337. The van der Waals surface area contributed by atoms with Crippen LogP contribution in [0, 0.1) is 0 Å². The Labute approximate surface area is 122 Å². The summed E-state index contributed by atoms with van der Waals surface area (Å²) < 4.78 is 17.4. The first-order valence-corrected chi connectivity index (χ1v) is 9.94. The first-order valence-electron chi connectivity index (χ1n) is 7.04. The van der Waals surface area contributed by atoms with Gasteiger partial charge < -0.3 is 13.9 Å². The molecule has 0 radical (unpaired) electrons. The van der Waals surface area contributed by atoms with Crippen LogP contribution in [-0.4, -0.2) is 46.9 Å². The predicted molar refractivity (Wildman–Crippen MR) is 81.2 cm³/mol. The van der Waals surface area contributed by atoms with Gasteiger partial charge in [0.2, 0.25) is 0 Å². The summed E-state index contributed by atoms with van der Waals surface area (Å²) in [6.07, 6.45) is 0.523. The van der Waals surface area contributed by atoms with E-state index in [1.54, 1.807) is 7.11 Å². The maximum absolute atomic E-state index is 8.49. The van der Waals surface area contributed by atoms with Crippen LogP contribution in [0.1, 0.15) is 27.2 Å². The number of azide groups is 1. The molecule has 0 amide bonds. The number of hydrogen-bond donors (Lipinski definition) is 0. The maximum atomic E-state index is 8.49. The summed E-state index contributed by atoms with van der Waals surface area (Å²) in [6.45, 7) is 12.1. The molecule has 1 aliphatic rings. The number of rotatable bonds is 5. The second-order valence-corrected chi connectivity index (χ2v) is 11.6. The molecule has 0 aromatic rings. The van der Waals surface area contributed by atoms with Crippen LogP contribution in [0.25, 0.3) is 10.4 Å². The van der Waals surface area contributed by atoms with Gasteiger partial charge in [-0.2, -0.15) is 0 Å². The van der Waals surface area contributed by atoms with Crippen LogP contribution in [0.5, 0.6) is 0 Å². The number of ether oxygens (including phenoxy) is 2. The summed E-state index contributed by atoms with van der Waals surface area (Å²) in [4.78, 5) is 2.84. The third-order valence-electron chi connectivity index (χ3n) is 4.35. The molecule has 0 saturated carbocycles. The predicted octanol–water partition coefficient (Wildman–Crippen LogP) is 3.49. The van der Waals surface area contributed by atoms with Gasteiger partial charge in [-0.05, 0) is 30.1 Å². The molecule has 0 spiro atoms. The van der Waals surface area contributed by atoms with Crippen LogP contribution < -0.4 is 0 Å². The van der Waals surface area contributed by atoms with Crippen molar-refractivity contribution in [3.63, 3.8) is 0 Å². The van der Waals surface area contributed by atoms with Crippen molar-refractivity contribution in [2.24, 2.45) is 5.11 Å². The van der Waals surface area contributed by atoms with Gasteiger partial charge in [-0.15, -0.1) is 0 Å². The van der Waals surface area contributed by atoms with Gasteiger partial charge in [-0.1, -0.05) is 25.9 Å². The van der Waals surface area contributed by atoms with Crippen LogP contribution in [0.15, 0.2) is 5.11 Å². The molecule has 0 aromatic carbocycles. The van der Waals surface area contributed by atoms with E-state index in [4.69, 9.17) is 19.4 Å². The smallest absolute Gasteiger partial charge is 0.192 e. The minimum Gasteiger partial charge on any atom is -0.414 e. The van der Waals surface area contributed by atoms with Gasteiger partial charge in [-0.3, -0.25) is 0 Å². The molecule has 1 rings (SSSR count). The number of hydrogen-bond acceptors (Lipinski definition) is 4. The minimum atomic E-state index is -1.78. The average Bonchev–Trinajstić information content (AvgIpc) is 2.36. The highest BCUT2D eigenvalue weighted by Gasteiger charge is 2.39. The molecule has 0 N–H and O–H groups in total. The second kappa shape index (κ2) is 6.91. The molecular formula is C13H27N3O3Si. The maximum Gasteiger partial charge on any atom is 0.192 e. The van der Waals surface area contributed by atoms with E-state index in [1.165, 1.54) is 0 Å². The Morgan fingerprint density at radius 2 is 2.05 bits per heavy atom. The number of methoxy groups -OCH3 is 1. The van der Waals surface area contributed by atoms with Gasteiger partial charge in [0.25, 0.3) is 0 Å². The number of nitrogens with zero attached hydrogens (tertiary/aromatic N) is 3. The van der Waals surface area contributed by atoms with Crippen molar-refractivity contribution in [2.45, 2.75) is 63.6 Å². The van der Waals surface area contributed by atoms with Crippen LogP contribution in [0.3, 0.4) is 0 Å². The van der Waals surface area contributed by atoms with Gasteiger partial charge in [0, 0.05) is 12.0 Å². The Bertz CT molecular complexity index is 364. The second-order valence-electron chi connectivity index (χ2n) is 6.81. The fraction of sp³-hybridized carbons (Fsp3) is 1.00. The fourth-order valence-corrected chi connectivity index (χ4v) is 2.91. The Hall–Kier alpha value is -0.593. The molecule has 6 nitrogen and oxygen atoms in total. The highest BCUT2D eigenvalue weighted by atomic mass is 28.4.